The van der Waals surface area contributed by atoms with E-state index in [0.717, 1.165) is 42.7 Å². The van der Waals surface area contributed by atoms with Crippen molar-refractivity contribution >= 4 is 17.2 Å². The Balaban J connectivity index is 2.15. The molecular formula is C17H23NO2S. The first-order valence-corrected chi connectivity index (χ1v) is 8.64. The third kappa shape index (κ3) is 4.09. The van der Waals surface area contributed by atoms with Crippen LogP contribution in [-0.4, -0.2) is 35.1 Å². The number of likely N-dealkylation sites (tertiary alicyclic amines) is 1. The third-order valence-electron chi connectivity index (χ3n) is 3.83. The zero-order valence-electron chi connectivity index (χ0n) is 12.6. The second-order valence-corrected chi connectivity index (χ2v) is 6.29. The molecule has 0 saturated carbocycles. The molecular weight excluding hydrogens is 282 g/mol. The molecule has 0 aliphatic carbocycles. The van der Waals surface area contributed by atoms with Crippen molar-refractivity contribution < 1.29 is 9.90 Å². The molecule has 2 heterocycles. The van der Waals surface area contributed by atoms with Crippen LogP contribution in [0.5, 0.6) is 0 Å². The van der Waals surface area contributed by atoms with Gasteiger partial charge in [-0.3, -0.25) is 4.79 Å². The van der Waals surface area contributed by atoms with E-state index in [0.29, 0.717) is 12.5 Å². The van der Waals surface area contributed by atoms with Crippen molar-refractivity contribution in [1.82, 2.24) is 4.90 Å². The first kappa shape index (κ1) is 16.1. The highest BCUT2D eigenvalue weighted by atomic mass is 32.1. The molecule has 1 aliphatic rings. The largest absolute Gasteiger partial charge is 0.395 e. The molecule has 1 aromatic heterocycles. The first-order valence-electron chi connectivity index (χ1n) is 7.76. The van der Waals surface area contributed by atoms with E-state index in [9.17, 15) is 4.79 Å². The molecule has 0 spiro atoms. The van der Waals surface area contributed by atoms with Crippen molar-refractivity contribution in [3.8, 4) is 11.8 Å². The molecule has 114 valence electrons. The lowest BCUT2D eigenvalue weighted by atomic mass is 9.98. The van der Waals surface area contributed by atoms with Crippen LogP contribution in [0, 0.1) is 11.8 Å². The monoisotopic (exact) mass is 305 g/mol. The van der Waals surface area contributed by atoms with Crippen LogP contribution < -0.4 is 0 Å². The zero-order chi connectivity index (χ0) is 15.1. The van der Waals surface area contributed by atoms with Gasteiger partial charge in [-0.25, -0.2) is 0 Å². The van der Waals surface area contributed by atoms with Crippen LogP contribution in [0.15, 0.2) is 11.4 Å². The fraction of sp³-hybridized carbons (Fsp3) is 0.588. The van der Waals surface area contributed by atoms with Gasteiger partial charge in [0.25, 0.3) is 5.91 Å². The van der Waals surface area contributed by atoms with Crippen LogP contribution in [-0.2, 0) is 0 Å². The van der Waals surface area contributed by atoms with E-state index in [4.69, 9.17) is 5.11 Å². The lowest BCUT2D eigenvalue weighted by Crippen LogP contribution is -2.43. The SMILES string of the molecule is CCCC1CCCCN1C(=O)c1sccc1C#CCCO. The summed E-state index contributed by atoms with van der Waals surface area (Å²) in [4.78, 5) is 15.6. The number of thiophene rings is 1. The molecule has 3 nitrogen and oxygen atoms in total. The van der Waals surface area contributed by atoms with Gasteiger partial charge in [-0.05, 0) is 37.1 Å². The minimum absolute atomic E-state index is 0.0606. The number of carbonyl (C=O) groups excluding carboxylic acids is 1. The van der Waals surface area contributed by atoms with E-state index >= 15 is 0 Å². The highest BCUT2D eigenvalue weighted by molar-refractivity contribution is 7.12. The highest BCUT2D eigenvalue weighted by Crippen LogP contribution is 2.26. The third-order valence-corrected chi connectivity index (χ3v) is 4.73. The number of hydrogen-bond donors (Lipinski definition) is 1. The summed E-state index contributed by atoms with van der Waals surface area (Å²) in [6.07, 6.45) is 6.09. The van der Waals surface area contributed by atoms with Gasteiger partial charge < -0.3 is 10.0 Å². The summed E-state index contributed by atoms with van der Waals surface area (Å²) in [5, 5.41) is 10.7. The zero-order valence-corrected chi connectivity index (χ0v) is 13.4. The molecule has 1 fully saturated rings. The fourth-order valence-corrected chi connectivity index (χ4v) is 3.62. The Kier molecular flexibility index (Phi) is 6.28. The van der Waals surface area contributed by atoms with Crippen LogP contribution in [0.2, 0.25) is 0 Å². The van der Waals surface area contributed by atoms with Crippen molar-refractivity contribution in [2.45, 2.75) is 51.5 Å². The van der Waals surface area contributed by atoms with Gasteiger partial charge in [0.05, 0.1) is 6.61 Å². The van der Waals surface area contributed by atoms with Crippen LogP contribution >= 0.6 is 11.3 Å². The van der Waals surface area contributed by atoms with Crippen molar-refractivity contribution in [3.63, 3.8) is 0 Å². The molecule has 1 saturated heterocycles. The molecule has 1 aromatic rings. The van der Waals surface area contributed by atoms with Gasteiger partial charge >= 0.3 is 0 Å². The summed E-state index contributed by atoms with van der Waals surface area (Å²) >= 11 is 1.47. The van der Waals surface area contributed by atoms with Crippen LogP contribution in [0.3, 0.4) is 0 Å². The molecule has 2 rings (SSSR count). The van der Waals surface area contributed by atoms with Gasteiger partial charge in [0.1, 0.15) is 4.88 Å². The Labute approximate surface area is 131 Å². The molecule has 1 atom stereocenters. The number of piperidine rings is 1. The molecule has 0 bridgehead atoms. The summed E-state index contributed by atoms with van der Waals surface area (Å²) in [5.41, 5.74) is 0.805. The maximum absolute atomic E-state index is 12.8. The first-order chi connectivity index (χ1) is 10.3. The molecule has 1 N–H and O–H groups in total. The Morgan fingerprint density at radius 2 is 2.38 bits per heavy atom. The number of hydrogen-bond acceptors (Lipinski definition) is 3. The minimum Gasteiger partial charge on any atom is -0.395 e. The number of aliphatic hydroxyl groups is 1. The maximum Gasteiger partial charge on any atom is 0.265 e. The van der Waals surface area contributed by atoms with E-state index < -0.39 is 0 Å². The second-order valence-electron chi connectivity index (χ2n) is 5.38. The number of amides is 1. The standard InChI is InChI=1S/C17H23NO2S/c1-2-7-15-9-3-5-11-18(15)17(20)16-14(10-13-21-16)8-4-6-12-19/h10,13,15,19H,2-3,5-7,9,11-12H2,1H3. The Morgan fingerprint density at radius 3 is 3.14 bits per heavy atom. The van der Waals surface area contributed by atoms with Gasteiger partial charge in [-0.2, -0.15) is 0 Å². The lowest BCUT2D eigenvalue weighted by Gasteiger charge is -2.35. The van der Waals surface area contributed by atoms with Crippen LogP contribution in [0.25, 0.3) is 0 Å². The smallest absolute Gasteiger partial charge is 0.265 e. The number of rotatable bonds is 4. The molecule has 1 aliphatic heterocycles. The van der Waals surface area contributed by atoms with Crippen molar-refractivity contribution in [3.05, 3.63) is 21.9 Å². The molecule has 1 amide bonds. The minimum atomic E-state index is 0.0606. The van der Waals surface area contributed by atoms with Gasteiger partial charge in [0.2, 0.25) is 0 Å². The summed E-state index contributed by atoms with van der Waals surface area (Å²) in [6.45, 7) is 3.10. The molecule has 1 unspecified atom stereocenters. The second kappa shape index (κ2) is 8.21. The lowest BCUT2D eigenvalue weighted by molar-refractivity contribution is 0.0605. The summed E-state index contributed by atoms with van der Waals surface area (Å²) in [6, 6.07) is 2.29. The molecule has 0 aromatic carbocycles. The van der Waals surface area contributed by atoms with E-state index in [2.05, 4.69) is 23.7 Å². The molecule has 0 radical (unpaired) electrons. The number of aliphatic hydroxyl groups excluding tert-OH is 1. The normalized spacial score (nSPS) is 18.2. The molecule has 4 heteroatoms. The summed E-state index contributed by atoms with van der Waals surface area (Å²) in [7, 11) is 0. The van der Waals surface area contributed by atoms with E-state index in [1.54, 1.807) is 0 Å². The average molecular weight is 305 g/mol. The quantitative estimate of drug-likeness (QED) is 0.867. The Bertz CT molecular complexity index is 524. The van der Waals surface area contributed by atoms with Gasteiger partial charge in [-0.1, -0.05) is 25.2 Å². The summed E-state index contributed by atoms with van der Waals surface area (Å²) < 4.78 is 0. The average Bonchev–Trinajstić information content (AvgIpc) is 2.96. The van der Waals surface area contributed by atoms with Gasteiger partial charge in [0, 0.05) is 24.6 Å². The number of nitrogens with zero attached hydrogens (tertiary/aromatic N) is 1. The van der Waals surface area contributed by atoms with Crippen molar-refractivity contribution in [2.24, 2.45) is 0 Å². The van der Waals surface area contributed by atoms with Crippen molar-refractivity contribution in [1.29, 1.82) is 0 Å². The van der Waals surface area contributed by atoms with Crippen molar-refractivity contribution in [2.75, 3.05) is 13.2 Å². The highest BCUT2D eigenvalue weighted by Gasteiger charge is 2.28. The molecule has 21 heavy (non-hydrogen) atoms. The Hall–Kier alpha value is -1.31. The predicted molar refractivity (Wildman–Crippen MR) is 86.5 cm³/mol. The maximum atomic E-state index is 12.8. The van der Waals surface area contributed by atoms with E-state index in [1.807, 2.05) is 11.4 Å². The van der Waals surface area contributed by atoms with Gasteiger partial charge in [0.15, 0.2) is 0 Å². The predicted octanol–water partition coefficient (Wildman–Crippen LogP) is 3.28. The Morgan fingerprint density at radius 1 is 1.52 bits per heavy atom. The van der Waals surface area contributed by atoms with Crippen LogP contribution in [0.1, 0.15) is 60.7 Å². The summed E-state index contributed by atoms with van der Waals surface area (Å²) in [5.74, 6) is 6.06. The van der Waals surface area contributed by atoms with E-state index in [-0.39, 0.29) is 12.5 Å². The fourth-order valence-electron chi connectivity index (χ4n) is 2.82. The van der Waals surface area contributed by atoms with E-state index in [1.165, 1.54) is 17.8 Å². The number of carbonyl (C=O) groups is 1. The van der Waals surface area contributed by atoms with Crippen LogP contribution in [0.4, 0.5) is 0 Å². The topological polar surface area (TPSA) is 40.5 Å². The van der Waals surface area contributed by atoms with Gasteiger partial charge in [-0.15, -0.1) is 11.3 Å².